The van der Waals surface area contributed by atoms with Crippen LogP contribution in [0.25, 0.3) is 11.0 Å². The molecular formula is C13H6BrClO2S. The molecule has 0 amide bonds. The van der Waals surface area contributed by atoms with Gasteiger partial charge in [-0.25, -0.2) is 0 Å². The summed E-state index contributed by atoms with van der Waals surface area (Å²) in [6.07, 6.45) is 0. The fourth-order valence-corrected chi connectivity index (χ4v) is 3.26. The van der Waals surface area contributed by atoms with Crippen LogP contribution in [0.4, 0.5) is 0 Å². The van der Waals surface area contributed by atoms with Crippen molar-refractivity contribution in [3.05, 3.63) is 55.8 Å². The lowest BCUT2D eigenvalue weighted by Gasteiger charge is -1.93. The molecule has 90 valence electrons. The van der Waals surface area contributed by atoms with Gasteiger partial charge in [-0.05, 0) is 39.5 Å². The minimum atomic E-state index is -0.182. The summed E-state index contributed by atoms with van der Waals surface area (Å²) in [6.45, 7) is 0. The number of benzene rings is 1. The van der Waals surface area contributed by atoms with Gasteiger partial charge in [-0.2, -0.15) is 0 Å². The highest BCUT2D eigenvalue weighted by molar-refractivity contribution is 9.10. The molecule has 0 aliphatic heterocycles. The van der Waals surface area contributed by atoms with E-state index < -0.39 is 0 Å². The van der Waals surface area contributed by atoms with Gasteiger partial charge >= 0.3 is 0 Å². The Labute approximate surface area is 120 Å². The lowest BCUT2D eigenvalue weighted by molar-refractivity contribution is 0.101. The van der Waals surface area contributed by atoms with Gasteiger partial charge in [-0.1, -0.05) is 23.7 Å². The second kappa shape index (κ2) is 4.53. The molecule has 0 radical (unpaired) electrons. The van der Waals surface area contributed by atoms with Gasteiger partial charge in [0.05, 0.1) is 14.4 Å². The Hall–Kier alpha value is -1.10. The maximum absolute atomic E-state index is 12.2. The van der Waals surface area contributed by atoms with E-state index in [1.165, 1.54) is 11.3 Å². The summed E-state index contributed by atoms with van der Waals surface area (Å²) >= 11 is 10.7. The number of carbonyl (C=O) groups is 1. The number of fused-ring (bicyclic) bond motifs is 1. The van der Waals surface area contributed by atoms with E-state index in [1.807, 2.05) is 18.2 Å². The molecule has 3 rings (SSSR count). The van der Waals surface area contributed by atoms with Gasteiger partial charge in [0.25, 0.3) is 0 Å². The summed E-state index contributed by atoms with van der Waals surface area (Å²) in [7, 11) is 0. The zero-order valence-electron chi connectivity index (χ0n) is 8.94. The third-order valence-electron chi connectivity index (χ3n) is 2.54. The molecule has 2 heterocycles. The Morgan fingerprint density at radius 3 is 2.83 bits per heavy atom. The molecule has 2 nitrogen and oxygen atoms in total. The Kier molecular flexibility index (Phi) is 3.01. The topological polar surface area (TPSA) is 30.2 Å². The number of hydrogen-bond acceptors (Lipinski definition) is 3. The van der Waals surface area contributed by atoms with E-state index >= 15 is 0 Å². The molecule has 0 aliphatic carbocycles. The predicted octanol–water partition coefficient (Wildman–Crippen LogP) is 5.14. The summed E-state index contributed by atoms with van der Waals surface area (Å²) in [5.74, 6) is 0.124. The summed E-state index contributed by atoms with van der Waals surface area (Å²) in [5.41, 5.74) is 0.675. The molecule has 0 unspecified atom stereocenters. The monoisotopic (exact) mass is 340 g/mol. The van der Waals surface area contributed by atoms with E-state index in [-0.39, 0.29) is 5.78 Å². The van der Waals surface area contributed by atoms with Gasteiger partial charge < -0.3 is 4.42 Å². The molecule has 3 aromatic rings. The number of halogens is 2. The molecule has 0 bridgehead atoms. The van der Waals surface area contributed by atoms with Crippen LogP contribution in [0.5, 0.6) is 0 Å². The Bertz CT molecular complexity index is 744. The number of carbonyl (C=O) groups excluding carboxylic acids is 1. The van der Waals surface area contributed by atoms with Crippen LogP contribution in [-0.4, -0.2) is 5.78 Å². The highest BCUT2D eigenvalue weighted by Gasteiger charge is 2.19. The average Bonchev–Trinajstić information content (AvgIpc) is 2.95. The molecule has 0 atom stereocenters. The van der Waals surface area contributed by atoms with Crippen molar-refractivity contribution in [2.75, 3.05) is 0 Å². The number of ketones is 1. The molecule has 5 heteroatoms. The van der Waals surface area contributed by atoms with Crippen LogP contribution in [0.15, 0.2) is 44.6 Å². The Morgan fingerprint density at radius 1 is 1.33 bits per heavy atom. The fourth-order valence-electron chi connectivity index (χ4n) is 1.71. The molecule has 2 aromatic heterocycles. The van der Waals surface area contributed by atoms with Crippen LogP contribution in [-0.2, 0) is 0 Å². The van der Waals surface area contributed by atoms with Crippen LogP contribution in [0.1, 0.15) is 15.4 Å². The Morgan fingerprint density at radius 2 is 2.17 bits per heavy atom. The van der Waals surface area contributed by atoms with Gasteiger partial charge in [0.1, 0.15) is 5.58 Å². The van der Waals surface area contributed by atoms with Crippen molar-refractivity contribution in [2.24, 2.45) is 0 Å². The molecule has 0 aliphatic rings. The van der Waals surface area contributed by atoms with Crippen molar-refractivity contribution < 1.29 is 9.21 Å². The summed E-state index contributed by atoms with van der Waals surface area (Å²) in [5, 5.41) is 3.14. The van der Waals surface area contributed by atoms with E-state index in [0.29, 0.717) is 21.2 Å². The second-order valence-corrected chi connectivity index (χ2v) is 5.87. The van der Waals surface area contributed by atoms with E-state index in [0.717, 1.165) is 9.86 Å². The molecular weight excluding hydrogens is 336 g/mol. The van der Waals surface area contributed by atoms with Crippen molar-refractivity contribution in [1.29, 1.82) is 0 Å². The minimum absolute atomic E-state index is 0.182. The van der Waals surface area contributed by atoms with Gasteiger partial charge in [-0.3, -0.25) is 4.79 Å². The van der Waals surface area contributed by atoms with Gasteiger partial charge in [0, 0.05) is 5.39 Å². The second-order valence-electron chi connectivity index (χ2n) is 3.70. The molecule has 1 aromatic carbocycles. The van der Waals surface area contributed by atoms with E-state index in [4.69, 9.17) is 16.0 Å². The number of para-hydroxylation sites is 1. The third-order valence-corrected chi connectivity index (χ3v) is 4.51. The summed E-state index contributed by atoms with van der Waals surface area (Å²) in [6, 6.07) is 9.11. The molecule has 0 N–H and O–H groups in total. The minimum Gasteiger partial charge on any atom is -0.451 e. The van der Waals surface area contributed by atoms with Crippen LogP contribution in [0.2, 0.25) is 5.02 Å². The van der Waals surface area contributed by atoms with Crippen LogP contribution >= 0.6 is 38.9 Å². The van der Waals surface area contributed by atoms with Gasteiger partial charge in [-0.15, -0.1) is 11.3 Å². The van der Waals surface area contributed by atoms with Crippen molar-refractivity contribution in [3.63, 3.8) is 0 Å². The predicted molar refractivity (Wildman–Crippen MR) is 76.7 cm³/mol. The highest BCUT2D eigenvalue weighted by atomic mass is 79.9. The van der Waals surface area contributed by atoms with Gasteiger partial charge in [0.2, 0.25) is 5.78 Å². The average molecular weight is 342 g/mol. The van der Waals surface area contributed by atoms with Gasteiger partial charge in [0.15, 0.2) is 5.76 Å². The highest BCUT2D eigenvalue weighted by Crippen LogP contribution is 2.30. The Balaban J connectivity index is 2.13. The largest absolute Gasteiger partial charge is 0.451 e. The van der Waals surface area contributed by atoms with Crippen molar-refractivity contribution in [3.8, 4) is 0 Å². The summed E-state index contributed by atoms with van der Waals surface area (Å²) < 4.78 is 6.42. The first-order chi connectivity index (χ1) is 8.66. The molecule has 0 saturated carbocycles. The molecule has 0 saturated heterocycles. The van der Waals surface area contributed by atoms with E-state index in [2.05, 4.69) is 15.9 Å². The van der Waals surface area contributed by atoms with E-state index in [1.54, 1.807) is 17.5 Å². The lowest BCUT2D eigenvalue weighted by Crippen LogP contribution is -1.96. The first-order valence-corrected chi connectivity index (χ1v) is 7.17. The zero-order valence-corrected chi connectivity index (χ0v) is 12.1. The SMILES string of the molecule is O=C(c1cc2cccc(Br)c2o1)c1sccc1Cl. The van der Waals surface area contributed by atoms with Crippen molar-refractivity contribution >= 4 is 55.6 Å². The van der Waals surface area contributed by atoms with E-state index in [9.17, 15) is 4.79 Å². The molecule has 18 heavy (non-hydrogen) atoms. The standard InChI is InChI=1S/C13H6BrClO2S/c14-8-3-1-2-7-6-10(17-12(7)8)11(16)13-9(15)4-5-18-13/h1-6H. The number of furan rings is 1. The quantitative estimate of drug-likeness (QED) is 0.604. The number of rotatable bonds is 2. The molecule has 0 fully saturated rings. The first-order valence-electron chi connectivity index (χ1n) is 5.12. The zero-order chi connectivity index (χ0) is 12.7. The molecule has 0 spiro atoms. The smallest absolute Gasteiger partial charge is 0.239 e. The van der Waals surface area contributed by atoms with Crippen LogP contribution < -0.4 is 0 Å². The normalized spacial score (nSPS) is 11.0. The van der Waals surface area contributed by atoms with Crippen LogP contribution in [0.3, 0.4) is 0 Å². The van der Waals surface area contributed by atoms with Crippen molar-refractivity contribution in [2.45, 2.75) is 0 Å². The maximum atomic E-state index is 12.2. The lowest BCUT2D eigenvalue weighted by atomic mass is 10.2. The maximum Gasteiger partial charge on any atom is 0.239 e. The van der Waals surface area contributed by atoms with Crippen LogP contribution in [0, 0.1) is 0 Å². The number of thiophene rings is 1. The summed E-state index contributed by atoms with van der Waals surface area (Å²) in [4.78, 5) is 12.7. The first kappa shape index (κ1) is 12.0. The number of hydrogen-bond donors (Lipinski definition) is 0. The van der Waals surface area contributed by atoms with Crippen molar-refractivity contribution in [1.82, 2.24) is 0 Å². The fraction of sp³-hybridized carbons (Fsp3) is 0. The third kappa shape index (κ3) is 1.90.